The van der Waals surface area contributed by atoms with Crippen LogP contribution in [0.15, 0.2) is 35.4 Å². The first kappa shape index (κ1) is 23.5. The largest absolute Gasteiger partial charge is 0.348 e. The van der Waals surface area contributed by atoms with Gasteiger partial charge in [0, 0.05) is 19.2 Å². The number of benzene rings is 1. The van der Waals surface area contributed by atoms with Crippen LogP contribution in [0.5, 0.6) is 0 Å². The minimum atomic E-state index is -4.16. The standard InChI is InChI=1S/C19H23FN6O5S/c1-11(2)16(24-32(30,31)14-5-3-12(20)4-6-14)18(28)22-15-9-13-10-26(25-23-13)8-7-21-19(29)17(15)27/h3-6,10-11,15-16,24H,7-9H2,1-2H3,(H,21,29)(H,22,28). The van der Waals surface area contributed by atoms with E-state index in [4.69, 9.17) is 0 Å². The quantitative estimate of drug-likeness (QED) is 0.469. The van der Waals surface area contributed by atoms with Gasteiger partial charge >= 0.3 is 0 Å². The van der Waals surface area contributed by atoms with Gasteiger partial charge in [0.05, 0.1) is 17.1 Å². The second-order valence-electron chi connectivity index (χ2n) is 7.66. The average molecular weight is 466 g/mol. The molecule has 1 aliphatic rings. The van der Waals surface area contributed by atoms with Crippen LogP contribution in [0.1, 0.15) is 19.5 Å². The van der Waals surface area contributed by atoms with Crippen molar-refractivity contribution in [2.75, 3.05) is 6.54 Å². The van der Waals surface area contributed by atoms with Crippen molar-refractivity contribution in [1.29, 1.82) is 0 Å². The molecular formula is C19H23FN6O5S. The van der Waals surface area contributed by atoms with Crippen molar-refractivity contribution in [3.63, 3.8) is 0 Å². The maximum atomic E-state index is 13.1. The second kappa shape index (κ2) is 9.53. The molecule has 32 heavy (non-hydrogen) atoms. The van der Waals surface area contributed by atoms with Gasteiger partial charge in [-0.2, -0.15) is 4.72 Å². The molecule has 3 N–H and O–H groups in total. The van der Waals surface area contributed by atoms with E-state index in [2.05, 4.69) is 25.7 Å². The fraction of sp³-hybridized carbons (Fsp3) is 0.421. The number of carbonyl (C=O) groups excluding carboxylic acids is 3. The maximum Gasteiger partial charge on any atom is 0.289 e. The molecular weight excluding hydrogens is 443 g/mol. The smallest absolute Gasteiger partial charge is 0.289 e. The molecule has 0 saturated carbocycles. The molecule has 172 valence electrons. The van der Waals surface area contributed by atoms with Gasteiger partial charge in [-0.3, -0.25) is 19.1 Å². The third-order valence-electron chi connectivity index (χ3n) is 4.84. The normalized spacial score (nSPS) is 18.2. The third kappa shape index (κ3) is 5.53. The molecule has 2 heterocycles. The Morgan fingerprint density at radius 2 is 1.94 bits per heavy atom. The number of aromatic nitrogens is 3. The zero-order valence-corrected chi connectivity index (χ0v) is 18.2. The van der Waals surface area contributed by atoms with Crippen molar-refractivity contribution in [2.24, 2.45) is 5.92 Å². The molecule has 0 saturated heterocycles. The average Bonchev–Trinajstić information content (AvgIpc) is 3.17. The summed E-state index contributed by atoms with van der Waals surface area (Å²) < 4.78 is 42.3. The highest BCUT2D eigenvalue weighted by Gasteiger charge is 2.34. The van der Waals surface area contributed by atoms with E-state index in [-0.39, 0.29) is 17.9 Å². The molecule has 0 aliphatic carbocycles. The van der Waals surface area contributed by atoms with Crippen LogP contribution in [0.2, 0.25) is 0 Å². The number of carbonyl (C=O) groups is 3. The summed E-state index contributed by atoms with van der Waals surface area (Å²) in [4.78, 5) is 37.5. The highest BCUT2D eigenvalue weighted by Crippen LogP contribution is 2.13. The summed E-state index contributed by atoms with van der Waals surface area (Å²) in [6.45, 7) is 3.72. The molecule has 0 radical (unpaired) electrons. The first-order valence-corrected chi connectivity index (χ1v) is 11.3. The Hall–Kier alpha value is -3.19. The van der Waals surface area contributed by atoms with E-state index in [1.807, 2.05) is 0 Å². The molecule has 1 aliphatic heterocycles. The van der Waals surface area contributed by atoms with Crippen molar-refractivity contribution >= 4 is 27.6 Å². The van der Waals surface area contributed by atoms with Crippen LogP contribution in [0, 0.1) is 11.7 Å². The Kier molecular flexibility index (Phi) is 6.99. The number of nitrogens with one attached hydrogen (secondary N) is 3. The second-order valence-corrected chi connectivity index (χ2v) is 9.37. The van der Waals surface area contributed by atoms with Gasteiger partial charge in [0.2, 0.25) is 21.7 Å². The molecule has 2 unspecified atom stereocenters. The minimum absolute atomic E-state index is 0.0898. The molecule has 2 aromatic rings. The lowest BCUT2D eigenvalue weighted by Crippen LogP contribution is -2.56. The van der Waals surface area contributed by atoms with E-state index in [0.717, 1.165) is 24.3 Å². The molecule has 2 atom stereocenters. The topological polar surface area (TPSA) is 152 Å². The van der Waals surface area contributed by atoms with Crippen LogP contribution in [0.4, 0.5) is 4.39 Å². The van der Waals surface area contributed by atoms with Crippen molar-refractivity contribution in [2.45, 2.75) is 43.8 Å². The molecule has 2 amide bonds. The number of Topliss-reactive ketones (excluding diaryl/α,β-unsaturated/α-hetero) is 1. The van der Waals surface area contributed by atoms with Gasteiger partial charge in [-0.25, -0.2) is 12.8 Å². The monoisotopic (exact) mass is 466 g/mol. The maximum absolute atomic E-state index is 13.1. The summed E-state index contributed by atoms with van der Waals surface area (Å²) in [7, 11) is -4.16. The number of nitrogens with zero attached hydrogens (tertiary/aromatic N) is 3. The van der Waals surface area contributed by atoms with Gasteiger partial charge in [-0.15, -0.1) is 5.10 Å². The number of halogens is 1. The number of sulfonamides is 1. The fourth-order valence-corrected chi connectivity index (χ4v) is 4.44. The van der Waals surface area contributed by atoms with Crippen molar-refractivity contribution in [1.82, 2.24) is 30.3 Å². The summed E-state index contributed by atoms with van der Waals surface area (Å²) in [6.07, 6.45) is 1.51. The molecule has 13 heteroatoms. The highest BCUT2D eigenvalue weighted by atomic mass is 32.2. The van der Waals surface area contributed by atoms with E-state index in [1.165, 1.54) is 4.68 Å². The summed E-state index contributed by atoms with van der Waals surface area (Å²) >= 11 is 0. The zero-order valence-electron chi connectivity index (χ0n) is 17.4. The van der Waals surface area contributed by atoms with Crippen LogP contribution in [-0.2, 0) is 37.4 Å². The lowest BCUT2D eigenvalue weighted by Gasteiger charge is -2.24. The first-order valence-electron chi connectivity index (χ1n) is 9.86. The van der Waals surface area contributed by atoms with Gasteiger partial charge in [-0.1, -0.05) is 19.1 Å². The third-order valence-corrected chi connectivity index (χ3v) is 6.29. The van der Waals surface area contributed by atoms with Gasteiger partial charge in [0.1, 0.15) is 17.9 Å². The SMILES string of the molecule is CC(C)C(NS(=O)(=O)c1ccc(F)cc1)C(=O)NC1Cc2cn(nn2)CCNC(=O)C1=O. The molecule has 0 fully saturated rings. The van der Waals surface area contributed by atoms with Crippen LogP contribution in [0.3, 0.4) is 0 Å². The van der Waals surface area contributed by atoms with Crippen molar-refractivity contribution in [3.05, 3.63) is 42.0 Å². The zero-order chi connectivity index (χ0) is 23.5. The summed E-state index contributed by atoms with van der Waals surface area (Å²) in [5.41, 5.74) is 0.395. The number of amides is 2. The summed E-state index contributed by atoms with van der Waals surface area (Å²) in [5.74, 6) is -3.65. The number of ketones is 1. The van der Waals surface area contributed by atoms with E-state index in [9.17, 15) is 27.2 Å². The summed E-state index contributed by atoms with van der Waals surface area (Å²) in [6, 6.07) is 1.61. The fourth-order valence-electron chi connectivity index (χ4n) is 3.09. The van der Waals surface area contributed by atoms with Crippen LogP contribution in [0.25, 0.3) is 0 Å². The lowest BCUT2D eigenvalue weighted by atomic mass is 10.0. The lowest BCUT2D eigenvalue weighted by molar-refractivity contribution is -0.140. The van der Waals surface area contributed by atoms with Crippen LogP contribution >= 0.6 is 0 Å². The number of fused-ring (bicyclic) bond motifs is 2. The minimum Gasteiger partial charge on any atom is -0.348 e. The van der Waals surface area contributed by atoms with Gasteiger partial charge in [0.15, 0.2) is 0 Å². The van der Waals surface area contributed by atoms with E-state index >= 15 is 0 Å². The number of hydrogen-bond acceptors (Lipinski definition) is 7. The van der Waals surface area contributed by atoms with Crippen molar-refractivity contribution < 1.29 is 27.2 Å². The highest BCUT2D eigenvalue weighted by molar-refractivity contribution is 7.89. The first-order chi connectivity index (χ1) is 15.1. The Morgan fingerprint density at radius 3 is 2.59 bits per heavy atom. The number of rotatable bonds is 6. The molecule has 1 aromatic carbocycles. The molecule has 2 bridgehead atoms. The van der Waals surface area contributed by atoms with Crippen LogP contribution in [-0.4, -0.2) is 59.6 Å². The molecule has 3 rings (SSSR count). The predicted molar refractivity (Wildman–Crippen MR) is 109 cm³/mol. The van der Waals surface area contributed by atoms with E-state index in [1.54, 1.807) is 20.0 Å². The molecule has 11 nitrogen and oxygen atoms in total. The predicted octanol–water partition coefficient (Wildman–Crippen LogP) is -0.853. The Bertz CT molecular complexity index is 1120. The Labute approximate surface area is 183 Å². The van der Waals surface area contributed by atoms with Gasteiger partial charge in [-0.05, 0) is 30.2 Å². The molecule has 0 spiro atoms. The van der Waals surface area contributed by atoms with E-state index in [0.29, 0.717) is 12.2 Å². The van der Waals surface area contributed by atoms with Crippen LogP contribution < -0.4 is 15.4 Å². The number of hydrogen-bond donors (Lipinski definition) is 3. The van der Waals surface area contributed by atoms with Gasteiger partial charge < -0.3 is 10.6 Å². The molecule has 1 aromatic heterocycles. The summed E-state index contributed by atoms with van der Waals surface area (Å²) in [5, 5.41) is 12.7. The Morgan fingerprint density at radius 1 is 1.25 bits per heavy atom. The van der Waals surface area contributed by atoms with Crippen molar-refractivity contribution in [3.8, 4) is 0 Å². The van der Waals surface area contributed by atoms with E-state index < -0.39 is 51.4 Å². The van der Waals surface area contributed by atoms with Gasteiger partial charge in [0.25, 0.3) is 5.91 Å². The Balaban J connectivity index is 1.81.